The van der Waals surface area contributed by atoms with Crippen LogP contribution in [0.5, 0.6) is 0 Å². The quantitative estimate of drug-likeness (QED) is 0.511. The van der Waals surface area contributed by atoms with Crippen LogP contribution in [0, 0.1) is 0 Å². The molecule has 0 aromatic carbocycles. The van der Waals surface area contributed by atoms with Gasteiger partial charge in [-0.05, 0) is 26.6 Å². The summed E-state index contributed by atoms with van der Waals surface area (Å²) < 4.78 is 4.68. The average molecular weight is 286 g/mol. The molecule has 18 heavy (non-hydrogen) atoms. The fourth-order valence-corrected chi connectivity index (χ4v) is 1.05. The van der Waals surface area contributed by atoms with Crippen LogP contribution in [-0.4, -0.2) is 70.8 Å². The Morgan fingerprint density at radius 1 is 1.11 bits per heavy atom. The van der Waals surface area contributed by atoms with Gasteiger partial charge in [-0.1, -0.05) is 32.4 Å². The predicted octanol–water partition coefficient (Wildman–Crippen LogP) is 0.650. The number of alkyl halides is 1. The van der Waals surface area contributed by atoms with E-state index in [1.54, 1.807) is 0 Å². The van der Waals surface area contributed by atoms with Crippen LogP contribution in [0.2, 0.25) is 0 Å². The Hall–Kier alpha value is 0.0900. The maximum atomic E-state index is 8.17. The summed E-state index contributed by atoms with van der Waals surface area (Å²) >= 11 is 5.31. The molecule has 1 rings (SSSR count). The van der Waals surface area contributed by atoms with Gasteiger partial charge in [0.1, 0.15) is 6.10 Å². The standard InChI is InChI=1S/C6H15N.C3H5ClO.C3H8O3/c1-4-7(5-2)6-3;1-2-3(4)5-2;4-1-3(6)2-5/h4-6H2,1-3H3;2-3H,1H3;3-6H,1-2H2. The Kier molecular flexibility index (Phi) is 15.3. The summed E-state index contributed by atoms with van der Waals surface area (Å²) in [5, 5.41) is 24.0. The number of nitrogens with zero attached hydrogens (tertiary/aromatic N) is 1. The lowest BCUT2D eigenvalue weighted by Crippen LogP contribution is -2.21. The number of aliphatic hydroxyl groups excluding tert-OH is 3. The predicted molar refractivity (Wildman–Crippen MR) is 73.8 cm³/mol. The number of aliphatic hydroxyl groups is 3. The zero-order valence-corrected chi connectivity index (χ0v) is 12.6. The lowest BCUT2D eigenvalue weighted by Gasteiger charge is -2.13. The fraction of sp³-hybridized carbons (Fsp3) is 1.00. The van der Waals surface area contributed by atoms with Crippen molar-refractivity contribution in [2.75, 3.05) is 32.8 Å². The van der Waals surface area contributed by atoms with Gasteiger partial charge in [-0.25, -0.2) is 0 Å². The molecule has 0 aliphatic carbocycles. The van der Waals surface area contributed by atoms with Crippen molar-refractivity contribution in [1.82, 2.24) is 4.90 Å². The Bertz CT molecular complexity index is 155. The minimum atomic E-state index is -0.954. The molecule has 0 aromatic heterocycles. The van der Waals surface area contributed by atoms with E-state index in [9.17, 15) is 0 Å². The number of rotatable bonds is 5. The van der Waals surface area contributed by atoms with Crippen LogP contribution >= 0.6 is 11.6 Å². The monoisotopic (exact) mass is 285 g/mol. The van der Waals surface area contributed by atoms with Crippen LogP contribution in [0.4, 0.5) is 0 Å². The topological polar surface area (TPSA) is 76.5 Å². The maximum Gasteiger partial charge on any atom is 0.157 e. The van der Waals surface area contributed by atoms with Crippen LogP contribution in [0.3, 0.4) is 0 Å². The highest BCUT2D eigenvalue weighted by atomic mass is 35.5. The Morgan fingerprint density at radius 2 is 1.39 bits per heavy atom. The lowest BCUT2D eigenvalue weighted by atomic mass is 10.4. The molecule has 1 heterocycles. The molecule has 5 nitrogen and oxygen atoms in total. The summed E-state index contributed by atoms with van der Waals surface area (Å²) in [6.45, 7) is 11.3. The van der Waals surface area contributed by atoms with Gasteiger partial charge in [-0.15, -0.1) is 0 Å². The molecule has 6 heteroatoms. The van der Waals surface area contributed by atoms with E-state index in [-0.39, 0.29) is 18.8 Å². The Morgan fingerprint density at radius 3 is 1.39 bits per heavy atom. The molecule has 2 unspecified atom stereocenters. The maximum absolute atomic E-state index is 8.17. The number of hydrogen-bond donors (Lipinski definition) is 3. The average Bonchev–Trinajstić information content (AvgIpc) is 3.05. The summed E-state index contributed by atoms with van der Waals surface area (Å²) in [6, 6.07) is 0. The van der Waals surface area contributed by atoms with E-state index in [4.69, 9.17) is 26.9 Å². The summed E-state index contributed by atoms with van der Waals surface area (Å²) in [6.07, 6.45) is -0.637. The van der Waals surface area contributed by atoms with Crippen molar-refractivity contribution in [3.63, 3.8) is 0 Å². The van der Waals surface area contributed by atoms with Crippen LogP contribution in [-0.2, 0) is 4.74 Å². The molecule has 3 N–H and O–H groups in total. The second-order valence-corrected chi connectivity index (χ2v) is 4.26. The fourth-order valence-electron chi connectivity index (χ4n) is 0.888. The minimum absolute atomic E-state index is 0.0231. The van der Waals surface area contributed by atoms with Crippen LogP contribution in [0.25, 0.3) is 0 Å². The van der Waals surface area contributed by atoms with Crippen LogP contribution in [0.15, 0.2) is 0 Å². The molecule has 0 amide bonds. The molecule has 0 radical (unpaired) electrons. The van der Waals surface area contributed by atoms with E-state index in [0.717, 1.165) is 0 Å². The molecule has 0 spiro atoms. The van der Waals surface area contributed by atoms with Gasteiger partial charge in [-0.2, -0.15) is 0 Å². The van der Waals surface area contributed by atoms with Gasteiger partial charge in [-0.3, -0.25) is 0 Å². The third kappa shape index (κ3) is 14.2. The Labute approximate surface area is 115 Å². The highest BCUT2D eigenvalue weighted by molar-refractivity contribution is 6.21. The van der Waals surface area contributed by atoms with Gasteiger partial charge < -0.3 is 25.0 Å². The molecule has 0 saturated carbocycles. The highest BCUT2D eigenvalue weighted by Crippen LogP contribution is 2.23. The number of epoxide rings is 1. The first-order valence-electron chi connectivity index (χ1n) is 6.38. The first-order valence-corrected chi connectivity index (χ1v) is 6.81. The van der Waals surface area contributed by atoms with E-state index in [2.05, 4.69) is 30.4 Å². The van der Waals surface area contributed by atoms with Crippen LogP contribution in [0.1, 0.15) is 27.7 Å². The lowest BCUT2D eigenvalue weighted by molar-refractivity contribution is 0.0450. The zero-order valence-electron chi connectivity index (χ0n) is 11.8. The molecule has 112 valence electrons. The smallest absolute Gasteiger partial charge is 0.157 e. The SMILES string of the molecule is CC1OC1Cl.CCN(CC)CC.OCC(O)CO. The van der Waals surface area contributed by atoms with Gasteiger partial charge in [0.2, 0.25) is 0 Å². The van der Waals surface area contributed by atoms with Crippen LogP contribution < -0.4 is 0 Å². The van der Waals surface area contributed by atoms with Gasteiger partial charge in [0.25, 0.3) is 0 Å². The first-order chi connectivity index (χ1) is 8.46. The largest absolute Gasteiger partial charge is 0.394 e. The summed E-state index contributed by atoms with van der Waals surface area (Å²) in [5.41, 5.74) is 0.0231. The van der Waals surface area contributed by atoms with Crippen molar-refractivity contribution in [3.05, 3.63) is 0 Å². The second kappa shape index (κ2) is 13.5. The van der Waals surface area contributed by atoms with Gasteiger partial charge in [0, 0.05) is 0 Å². The highest BCUT2D eigenvalue weighted by Gasteiger charge is 2.30. The number of hydrogen-bond acceptors (Lipinski definition) is 5. The zero-order chi connectivity index (χ0) is 14.6. The van der Waals surface area contributed by atoms with Crippen molar-refractivity contribution >= 4 is 11.6 Å². The Balaban J connectivity index is 0. The van der Waals surface area contributed by atoms with Gasteiger partial charge >= 0.3 is 0 Å². The normalized spacial score (nSPS) is 21.0. The van der Waals surface area contributed by atoms with E-state index in [1.165, 1.54) is 19.6 Å². The molecule has 1 saturated heterocycles. The van der Waals surface area contributed by atoms with Crippen molar-refractivity contribution in [2.24, 2.45) is 0 Å². The molecule has 1 fully saturated rings. The second-order valence-electron chi connectivity index (χ2n) is 3.83. The van der Waals surface area contributed by atoms with Crippen molar-refractivity contribution in [3.8, 4) is 0 Å². The van der Waals surface area contributed by atoms with E-state index in [0.29, 0.717) is 6.10 Å². The van der Waals surface area contributed by atoms with E-state index >= 15 is 0 Å². The third-order valence-electron chi connectivity index (χ3n) is 2.40. The molecular weight excluding hydrogens is 258 g/mol. The summed E-state index contributed by atoms with van der Waals surface area (Å²) in [5.74, 6) is 0. The summed E-state index contributed by atoms with van der Waals surface area (Å²) in [4.78, 5) is 2.38. The third-order valence-corrected chi connectivity index (χ3v) is 2.86. The number of halogens is 1. The molecule has 1 aliphatic heterocycles. The van der Waals surface area contributed by atoms with Crippen molar-refractivity contribution < 1.29 is 20.1 Å². The van der Waals surface area contributed by atoms with Crippen molar-refractivity contribution in [1.29, 1.82) is 0 Å². The summed E-state index contributed by atoms with van der Waals surface area (Å²) in [7, 11) is 0. The molecule has 0 bridgehead atoms. The van der Waals surface area contributed by atoms with Gasteiger partial charge in [0.15, 0.2) is 5.56 Å². The van der Waals surface area contributed by atoms with Gasteiger partial charge in [0.05, 0.1) is 19.3 Å². The van der Waals surface area contributed by atoms with Crippen molar-refractivity contribution in [2.45, 2.75) is 45.5 Å². The first kappa shape index (κ1) is 20.4. The molecular formula is C12H28ClNO4. The molecule has 0 aromatic rings. The molecule has 1 aliphatic rings. The number of ether oxygens (including phenoxy) is 1. The minimum Gasteiger partial charge on any atom is -0.394 e. The molecule has 2 atom stereocenters. The van der Waals surface area contributed by atoms with E-state index < -0.39 is 6.10 Å². The van der Waals surface area contributed by atoms with E-state index in [1.807, 2.05) is 6.92 Å².